The maximum Gasteiger partial charge on any atom is 0.122 e. The fourth-order valence-electron chi connectivity index (χ4n) is 2.49. The van der Waals surface area contributed by atoms with Crippen LogP contribution in [0, 0.1) is 0 Å². The minimum atomic E-state index is 0.579. The van der Waals surface area contributed by atoms with Crippen LogP contribution in [0.15, 0.2) is 36.4 Å². The van der Waals surface area contributed by atoms with Crippen molar-refractivity contribution in [2.24, 2.45) is 0 Å². The van der Waals surface area contributed by atoms with Gasteiger partial charge in [-0.2, -0.15) is 0 Å². The lowest BCUT2D eigenvalue weighted by atomic mass is 9.90. The predicted molar refractivity (Wildman–Crippen MR) is 80.8 cm³/mol. The van der Waals surface area contributed by atoms with Crippen LogP contribution >= 0.6 is 0 Å². The maximum absolute atomic E-state index is 5.69. The molecule has 2 rings (SSSR count). The van der Waals surface area contributed by atoms with Gasteiger partial charge in [-0.05, 0) is 43.4 Å². The number of fused-ring (bicyclic) bond motifs is 1. The van der Waals surface area contributed by atoms with Gasteiger partial charge in [-0.25, -0.2) is 0 Å². The molecular formula is C17H25NO. The van der Waals surface area contributed by atoms with Crippen LogP contribution < -0.4 is 10.1 Å². The highest BCUT2D eigenvalue weighted by Crippen LogP contribution is 2.35. The molecule has 1 unspecified atom stereocenters. The van der Waals surface area contributed by atoms with E-state index in [-0.39, 0.29) is 0 Å². The Bertz CT molecular complexity index is 411. The number of rotatable bonds is 6. The second-order valence-electron chi connectivity index (χ2n) is 5.48. The SMILES string of the molecule is CC(C)NCC/C=C/CC1CCOc2ccccc21. The first-order valence-electron chi connectivity index (χ1n) is 7.37. The lowest BCUT2D eigenvalue weighted by molar-refractivity contribution is 0.267. The van der Waals surface area contributed by atoms with Crippen LogP contribution in [-0.2, 0) is 0 Å². The van der Waals surface area contributed by atoms with Crippen LogP contribution in [0.2, 0.25) is 0 Å². The summed E-state index contributed by atoms with van der Waals surface area (Å²) in [5.74, 6) is 1.70. The van der Waals surface area contributed by atoms with Gasteiger partial charge in [0.15, 0.2) is 0 Å². The normalized spacial score (nSPS) is 18.6. The summed E-state index contributed by atoms with van der Waals surface area (Å²) >= 11 is 0. The summed E-state index contributed by atoms with van der Waals surface area (Å²) in [7, 11) is 0. The molecule has 1 aliphatic rings. The van der Waals surface area contributed by atoms with Crippen molar-refractivity contribution >= 4 is 0 Å². The number of allylic oxidation sites excluding steroid dienone is 1. The third kappa shape index (κ3) is 4.39. The van der Waals surface area contributed by atoms with E-state index in [4.69, 9.17) is 4.74 Å². The van der Waals surface area contributed by atoms with E-state index >= 15 is 0 Å². The number of hydrogen-bond acceptors (Lipinski definition) is 2. The summed E-state index contributed by atoms with van der Waals surface area (Å²) in [6.07, 6.45) is 8.00. The highest BCUT2D eigenvalue weighted by atomic mass is 16.5. The number of para-hydroxylation sites is 1. The molecule has 19 heavy (non-hydrogen) atoms. The van der Waals surface area contributed by atoms with E-state index in [0.717, 1.165) is 38.2 Å². The molecule has 0 amide bonds. The Balaban J connectivity index is 1.79. The molecule has 2 heteroatoms. The van der Waals surface area contributed by atoms with Gasteiger partial charge < -0.3 is 10.1 Å². The Labute approximate surface area is 116 Å². The molecule has 0 radical (unpaired) electrons. The standard InChI is InChI=1S/C17H25NO/c1-14(2)18-12-7-3-4-8-15-11-13-19-17-10-6-5-9-16(15)17/h3-6,9-10,14-15,18H,7-8,11-13H2,1-2H3/b4-3+. The molecule has 0 aromatic heterocycles. The monoisotopic (exact) mass is 259 g/mol. The van der Waals surface area contributed by atoms with Crippen molar-refractivity contribution in [3.63, 3.8) is 0 Å². The molecule has 1 N–H and O–H groups in total. The van der Waals surface area contributed by atoms with Crippen LogP contribution in [0.5, 0.6) is 5.75 Å². The van der Waals surface area contributed by atoms with Crippen LogP contribution in [0.4, 0.5) is 0 Å². The van der Waals surface area contributed by atoms with Crippen LogP contribution in [0.1, 0.15) is 44.6 Å². The third-order valence-corrected chi connectivity index (χ3v) is 3.53. The first-order chi connectivity index (χ1) is 9.27. The minimum Gasteiger partial charge on any atom is -0.493 e. The largest absolute Gasteiger partial charge is 0.493 e. The molecule has 1 aromatic carbocycles. The van der Waals surface area contributed by atoms with Crippen molar-refractivity contribution < 1.29 is 4.74 Å². The van der Waals surface area contributed by atoms with E-state index in [9.17, 15) is 0 Å². The topological polar surface area (TPSA) is 21.3 Å². The Morgan fingerprint density at radius 1 is 1.32 bits per heavy atom. The average molecular weight is 259 g/mol. The van der Waals surface area contributed by atoms with Gasteiger partial charge in [0, 0.05) is 6.04 Å². The zero-order valence-corrected chi connectivity index (χ0v) is 12.1. The zero-order chi connectivity index (χ0) is 13.5. The van der Waals surface area contributed by atoms with Gasteiger partial charge in [0.25, 0.3) is 0 Å². The van der Waals surface area contributed by atoms with Gasteiger partial charge in [0.05, 0.1) is 6.61 Å². The van der Waals surface area contributed by atoms with Crippen LogP contribution in [0.3, 0.4) is 0 Å². The molecule has 2 nitrogen and oxygen atoms in total. The molecule has 0 fully saturated rings. The third-order valence-electron chi connectivity index (χ3n) is 3.53. The van der Waals surface area contributed by atoms with E-state index < -0.39 is 0 Å². The first kappa shape index (κ1) is 14.1. The summed E-state index contributed by atoms with van der Waals surface area (Å²) in [6, 6.07) is 9.02. The summed E-state index contributed by atoms with van der Waals surface area (Å²) < 4.78 is 5.69. The zero-order valence-electron chi connectivity index (χ0n) is 12.1. The molecule has 0 spiro atoms. The second kappa shape index (κ2) is 7.34. The van der Waals surface area contributed by atoms with Crippen molar-refractivity contribution in [1.29, 1.82) is 0 Å². The minimum absolute atomic E-state index is 0.579. The van der Waals surface area contributed by atoms with E-state index in [1.54, 1.807) is 0 Å². The molecule has 1 heterocycles. The number of ether oxygens (including phenoxy) is 1. The van der Waals surface area contributed by atoms with Crippen molar-refractivity contribution in [2.75, 3.05) is 13.2 Å². The molecule has 1 aliphatic heterocycles. The fourth-order valence-corrected chi connectivity index (χ4v) is 2.49. The number of nitrogens with one attached hydrogen (secondary N) is 1. The van der Waals surface area contributed by atoms with Gasteiger partial charge in [0.1, 0.15) is 5.75 Å². The predicted octanol–water partition coefficient (Wildman–Crippen LogP) is 3.89. The highest BCUT2D eigenvalue weighted by Gasteiger charge is 2.19. The Morgan fingerprint density at radius 3 is 3.00 bits per heavy atom. The van der Waals surface area contributed by atoms with E-state index in [1.165, 1.54) is 5.56 Å². The molecule has 0 aliphatic carbocycles. The fraction of sp³-hybridized carbons (Fsp3) is 0.529. The highest BCUT2D eigenvalue weighted by molar-refractivity contribution is 5.38. The van der Waals surface area contributed by atoms with Gasteiger partial charge >= 0.3 is 0 Å². The van der Waals surface area contributed by atoms with Gasteiger partial charge in [-0.3, -0.25) is 0 Å². The number of benzene rings is 1. The first-order valence-corrected chi connectivity index (χ1v) is 7.37. The van der Waals surface area contributed by atoms with E-state index in [2.05, 4.69) is 55.6 Å². The van der Waals surface area contributed by atoms with E-state index in [0.29, 0.717) is 12.0 Å². The van der Waals surface area contributed by atoms with Gasteiger partial charge in [-0.1, -0.05) is 44.2 Å². The average Bonchev–Trinajstić information content (AvgIpc) is 2.42. The Morgan fingerprint density at radius 2 is 2.16 bits per heavy atom. The molecule has 0 saturated heterocycles. The quantitative estimate of drug-likeness (QED) is 0.618. The molecule has 104 valence electrons. The Kier molecular flexibility index (Phi) is 5.46. The lowest BCUT2D eigenvalue weighted by Crippen LogP contribution is -2.23. The lowest BCUT2D eigenvalue weighted by Gasteiger charge is -2.24. The van der Waals surface area contributed by atoms with Crippen molar-refractivity contribution in [3.05, 3.63) is 42.0 Å². The smallest absolute Gasteiger partial charge is 0.122 e. The molecule has 1 atom stereocenters. The summed E-state index contributed by atoms with van der Waals surface area (Å²) in [6.45, 7) is 6.29. The Hall–Kier alpha value is -1.28. The van der Waals surface area contributed by atoms with Crippen LogP contribution in [0.25, 0.3) is 0 Å². The summed E-state index contributed by atoms with van der Waals surface area (Å²) in [5.41, 5.74) is 1.37. The van der Waals surface area contributed by atoms with Crippen molar-refractivity contribution in [2.45, 2.75) is 45.1 Å². The van der Waals surface area contributed by atoms with Gasteiger partial charge in [-0.15, -0.1) is 0 Å². The molecule has 0 bridgehead atoms. The van der Waals surface area contributed by atoms with Gasteiger partial charge in [0.2, 0.25) is 0 Å². The van der Waals surface area contributed by atoms with Crippen molar-refractivity contribution in [1.82, 2.24) is 5.32 Å². The maximum atomic E-state index is 5.69. The molecule has 1 aromatic rings. The molecule has 0 saturated carbocycles. The summed E-state index contributed by atoms with van der Waals surface area (Å²) in [5, 5.41) is 3.43. The molecular weight excluding hydrogens is 234 g/mol. The van der Waals surface area contributed by atoms with E-state index in [1.807, 2.05) is 0 Å². The second-order valence-corrected chi connectivity index (χ2v) is 5.48. The summed E-state index contributed by atoms with van der Waals surface area (Å²) in [4.78, 5) is 0. The number of hydrogen-bond donors (Lipinski definition) is 1. The van der Waals surface area contributed by atoms with Crippen LogP contribution in [-0.4, -0.2) is 19.2 Å². The van der Waals surface area contributed by atoms with Crippen molar-refractivity contribution in [3.8, 4) is 5.75 Å².